The van der Waals surface area contributed by atoms with Crippen molar-refractivity contribution in [1.82, 2.24) is 0 Å². The van der Waals surface area contributed by atoms with Gasteiger partial charge in [-0.3, -0.25) is 0 Å². The van der Waals surface area contributed by atoms with Crippen molar-refractivity contribution in [2.75, 3.05) is 0 Å². The van der Waals surface area contributed by atoms with Gasteiger partial charge in [-0.2, -0.15) is 0 Å². The van der Waals surface area contributed by atoms with Crippen molar-refractivity contribution < 1.29 is 2.85 Å². The van der Waals surface area contributed by atoms with Gasteiger partial charge in [0, 0.05) is 30.2 Å². The molecule has 0 amide bonds. The Morgan fingerprint density at radius 3 is 0.632 bits per heavy atom. The summed E-state index contributed by atoms with van der Waals surface area (Å²) >= 11 is 0. The van der Waals surface area contributed by atoms with Crippen LogP contribution in [-0.2, 0) is 0 Å². The summed E-state index contributed by atoms with van der Waals surface area (Å²) in [5.74, 6) is 0. The zero-order chi connectivity index (χ0) is 12.7. The summed E-state index contributed by atoms with van der Waals surface area (Å²) < 4.78 is 0. The van der Waals surface area contributed by atoms with Crippen molar-refractivity contribution in [3.8, 4) is 0 Å². The standard InChI is InChI=1S/3C6H5.Pb.2H2/c3*1-2-4-6-5-3-1;;;/h3*1-5H;;2*1H. The average Bonchev–Trinajstić information content (AvgIpc) is 2.54. The van der Waals surface area contributed by atoms with Gasteiger partial charge < -0.3 is 0 Å². The third-order valence-corrected chi connectivity index (χ3v) is 1.82. The maximum Gasteiger partial charge on any atom is 0 e. The second-order valence-corrected chi connectivity index (χ2v) is 3.23. The zero-order valence-corrected chi connectivity index (χ0v) is 14.5. The molecule has 0 nitrogen and oxygen atoms in total. The Bertz CT molecular complexity index is 306. The minimum atomic E-state index is 0. The first-order valence-electron chi connectivity index (χ1n) is 5.73. The molecule has 0 N–H and O–H groups in total. The molecule has 0 aliphatic heterocycles. The second kappa shape index (κ2) is 14.6. The average molecular weight is 443 g/mol. The SMILES string of the molecule is [HH].[HH].[Pb].[c]1ccccc1.[c]1ccccc1.[c]1ccccc1. The zero-order valence-electron chi connectivity index (χ0n) is 10.7. The van der Waals surface area contributed by atoms with E-state index in [1.54, 1.807) is 0 Å². The van der Waals surface area contributed by atoms with Gasteiger partial charge in [0.25, 0.3) is 0 Å². The molecule has 0 fully saturated rings. The van der Waals surface area contributed by atoms with E-state index in [0.717, 1.165) is 0 Å². The van der Waals surface area contributed by atoms with Gasteiger partial charge in [-0.25, -0.2) is 0 Å². The van der Waals surface area contributed by atoms with Crippen molar-refractivity contribution in [3.05, 3.63) is 109 Å². The molecule has 3 aromatic rings. The second-order valence-electron chi connectivity index (χ2n) is 3.23. The first-order chi connectivity index (χ1) is 9.00. The number of benzene rings is 3. The first-order valence-corrected chi connectivity index (χ1v) is 5.73. The molecule has 0 aliphatic rings. The van der Waals surface area contributed by atoms with E-state index >= 15 is 0 Å². The van der Waals surface area contributed by atoms with E-state index in [0.29, 0.717) is 0 Å². The van der Waals surface area contributed by atoms with Crippen LogP contribution in [0.3, 0.4) is 0 Å². The topological polar surface area (TPSA) is 0 Å². The smallest absolute Gasteiger partial charge is 0 e. The van der Waals surface area contributed by atoms with Crippen molar-refractivity contribution in [3.63, 3.8) is 0 Å². The summed E-state index contributed by atoms with van der Waals surface area (Å²) in [5.41, 5.74) is 0. The van der Waals surface area contributed by atoms with Crippen LogP contribution in [0.25, 0.3) is 0 Å². The maximum absolute atomic E-state index is 2.89. The van der Waals surface area contributed by atoms with Crippen LogP contribution in [0.15, 0.2) is 91.0 Å². The Morgan fingerprint density at radius 1 is 0.368 bits per heavy atom. The van der Waals surface area contributed by atoms with Crippen molar-refractivity contribution in [2.45, 2.75) is 0 Å². The predicted octanol–water partition coefficient (Wildman–Crippen LogP) is 4.57. The van der Waals surface area contributed by atoms with Crippen LogP contribution in [0, 0.1) is 18.2 Å². The Morgan fingerprint density at radius 2 is 0.579 bits per heavy atom. The van der Waals surface area contributed by atoms with Gasteiger partial charge in [-0.15, -0.1) is 0 Å². The molecule has 95 valence electrons. The number of rotatable bonds is 0. The van der Waals surface area contributed by atoms with Gasteiger partial charge in [0.1, 0.15) is 0 Å². The molecule has 0 bridgehead atoms. The molecule has 0 atom stereocenters. The molecule has 0 unspecified atom stereocenters. The molecule has 7 radical (unpaired) electrons. The molecule has 0 spiro atoms. The number of hydrogen-bond acceptors (Lipinski definition) is 0. The molecule has 3 rings (SSSR count). The Balaban J connectivity index is -0.000000216. The normalized spacial score (nSPS) is 7.58. The quantitative estimate of drug-likeness (QED) is 0.448. The van der Waals surface area contributed by atoms with Crippen LogP contribution < -0.4 is 0 Å². The van der Waals surface area contributed by atoms with Crippen LogP contribution >= 0.6 is 0 Å². The van der Waals surface area contributed by atoms with Gasteiger partial charge in [-0.1, -0.05) is 91.0 Å². The number of hydrogen-bond donors (Lipinski definition) is 0. The van der Waals surface area contributed by atoms with Gasteiger partial charge in [0.05, 0.1) is 0 Å². The van der Waals surface area contributed by atoms with Crippen molar-refractivity contribution in [2.24, 2.45) is 0 Å². The summed E-state index contributed by atoms with van der Waals surface area (Å²) in [5, 5.41) is 0. The third-order valence-electron chi connectivity index (χ3n) is 1.82. The Labute approximate surface area is 139 Å². The van der Waals surface area contributed by atoms with E-state index < -0.39 is 0 Å². The molecular weight excluding hydrogens is 423 g/mol. The monoisotopic (exact) mass is 443 g/mol. The summed E-state index contributed by atoms with van der Waals surface area (Å²) in [6, 6.07) is 37.5. The molecule has 1 heteroatoms. The fraction of sp³-hybridized carbons (Fsp3) is 0. The van der Waals surface area contributed by atoms with Gasteiger partial charge in [0.2, 0.25) is 0 Å². The van der Waals surface area contributed by atoms with E-state index in [1.807, 2.05) is 91.0 Å². The predicted molar refractivity (Wildman–Crippen MR) is 85.8 cm³/mol. The Hall–Kier alpha value is -1.42. The fourth-order valence-corrected chi connectivity index (χ4v) is 1.03. The van der Waals surface area contributed by atoms with Gasteiger partial charge in [0.15, 0.2) is 0 Å². The molecule has 0 aliphatic carbocycles. The Kier molecular flexibility index (Phi) is 13.5. The van der Waals surface area contributed by atoms with Crippen molar-refractivity contribution in [1.29, 1.82) is 0 Å². The van der Waals surface area contributed by atoms with E-state index in [9.17, 15) is 0 Å². The van der Waals surface area contributed by atoms with Crippen LogP contribution in [0.2, 0.25) is 0 Å². The summed E-state index contributed by atoms with van der Waals surface area (Å²) in [6.45, 7) is 0. The van der Waals surface area contributed by atoms with Crippen LogP contribution in [-0.4, -0.2) is 27.3 Å². The summed E-state index contributed by atoms with van der Waals surface area (Å²) in [4.78, 5) is 0. The van der Waals surface area contributed by atoms with E-state index in [-0.39, 0.29) is 30.2 Å². The molecule has 0 saturated carbocycles. The molecule has 0 heterocycles. The van der Waals surface area contributed by atoms with Gasteiger partial charge >= 0.3 is 0 Å². The van der Waals surface area contributed by atoms with Gasteiger partial charge in [-0.05, 0) is 18.2 Å². The first kappa shape index (κ1) is 17.6. The molecule has 0 saturated heterocycles. The van der Waals surface area contributed by atoms with E-state index in [1.165, 1.54) is 0 Å². The summed E-state index contributed by atoms with van der Waals surface area (Å²) in [7, 11) is 0. The largest absolute Gasteiger partial charge is 0.0622 e. The molecular formula is C18H19Pb. The molecule has 19 heavy (non-hydrogen) atoms. The van der Waals surface area contributed by atoms with Crippen molar-refractivity contribution >= 4 is 27.3 Å². The molecule has 0 aromatic heterocycles. The maximum atomic E-state index is 2.89. The summed E-state index contributed by atoms with van der Waals surface area (Å²) in [6.07, 6.45) is 0. The van der Waals surface area contributed by atoms with Crippen LogP contribution in [0.1, 0.15) is 2.85 Å². The minimum Gasteiger partial charge on any atom is -0.0622 e. The van der Waals surface area contributed by atoms with Crippen LogP contribution in [0.4, 0.5) is 0 Å². The minimum absolute atomic E-state index is 0. The third kappa shape index (κ3) is 12.8. The fourth-order valence-electron chi connectivity index (χ4n) is 1.03. The van der Waals surface area contributed by atoms with Crippen LogP contribution in [0.5, 0.6) is 0 Å². The van der Waals surface area contributed by atoms with E-state index in [2.05, 4.69) is 18.2 Å². The molecule has 3 aromatic carbocycles. The van der Waals surface area contributed by atoms with E-state index in [4.69, 9.17) is 0 Å².